The molecule has 0 saturated heterocycles. The van der Waals surface area contributed by atoms with Crippen LogP contribution in [0.15, 0.2) is 55.1 Å². The fourth-order valence-corrected chi connectivity index (χ4v) is 3.51. The summed E-state index contributed by atoms with van der Waals surface area (Å²) in [5.41, 5.74) is 3.18. The summed E-state index contributed by atoms with van der Waals surface area (Å²) in [4.78, 5) is 8.94. The molecule has 0 spiro atoms. The van der Waals surface area contributed by atoms with E-state index >= 15 is 0 Å². The number of ether oxygens (including phenoxy) is 2. The van der Waals surface area contributed by atoms with Crippen LogP contribution in [0.4, 0.5) is 0 Å². The third-order valence-corrected chi connectivity index (χ3v) is 4.87. The number of rotatable bonds is 3. The highest BCUT2D eigenvalue weighted by molar-refractivity contribution is 14.1. The van der Waals surface area contributed by atoms with Gasteiger partial charge in [0.25, 0.3) is 0 Å². The molecule has 0 radical (unpaired) electrons. The van der Waals surface area contributed by atoms with Crippen molar-refractivity contribution >= 4 is 33.6 Å². The van der Waals surface area contributed by atoms with E-state index in [1.807, 2.05) is 29.0 Å². The fourth-order valence-electron chi connectivity index (χ4n) is 3.04. The number of nitrogens with zero attached hydrogens (tertiary/aromatic N) is 4. The van der Waals surface area contributed by atoms with Crippen LogP contribution in [0.5, 0.6) is 11.5 Å². The van der Waals surface area contributed by atoms with Gasteiger partial charge in [-0.25, -0.2) is 9.97 Å². The molecule has 1 aliphatic heterocycles. The third kappa shape index (κ3) is 2.55. The van der Waals surface area contributed by atoms with Crippen LogP contribution < -0.4 is 9.47 Å². The molecule has 0 bridgehead atoms. The lowest BCUT2D eigenvalue weighted by Gasteiger charge is -2.10. The van der Waals surface area contributed by atoms with Gasteiger partial charge < -0.3 is 14.0 Å². The van der Waals surface area contributed by atoms with Gasteiger partial charge in [-0.15, -0.1) is 0 Å². The molecule has 0 saturated carbocycles. The third-order valence-electron chi connectivity index (χ3n) is 4.20. The van der Waals surface area contributed by atoms with Crippen LogP contribution in [-0.4, -0.2) is 25.9 Å². The molecule has 0 atom stereocenters. The summed E-state index contributed by atoms with van der Waals surface area (Å²) in [5, 5.41) is 0. The topological polar surface area (TPSA) is 54.1 Å². The zero-order valence-corrected chi connectivity index (χ0v) is 15.3. The molecule has 0 amide bonds. The van der Waals surface area contributed by atoms with Crippen LogP contribution in [-0.2, 0) is 6.54 Å². The quantitative estimate of drug-likeness (QED) is 0.454. The molecule has 2 aromatic carbocycles. The minimum Gasteiger partial charge on any atom is -0.454 e. The minimum absolute atomic E-state index is 0.283. The Balaban J connectivity index is 1.66. The number of hydrogen-bond donors (Lipinski definition) is 0. The lowest BCUT2D eigenvalue weighted by atomic mass is 10.2. The first-order valence-corrected chi connectivity index (χ1v) is 8.88. The van der Waals surface area contributed by atoms with Gasteiger partial charge in [-0.3, -0.25) is 4.57 Å². The molecule has 5 rings (SSSR count). The van der Waals surface area contributed by atoms with Crippen molar-refractivity contribution in [1.29, 1.82) is 0 Å². The Morgan fingerprint density at radius 1 is 1.08 bits per heavy atom. The van der Waals surface area contributed by atoms with Gasteiger partial charge in [0.05, 0.1) is 17.6 Å². The van der Waals surface area contributed by atoms with Crippen molar-refractivity contribution in [2.45, 2.75) is 6.54 Å². The molecule has 0 aliphatic carbocycles. The fraction of sp³-hybridized carbons (Fsp3) is 0.111. The average Bonchev–Trinajstić information content (AvgIpc) is 3.34. The molecule has 0 N–H and O–H groups in total. The Labute approximate surface area is 157 Å². The highest BCUT2D eigenvalue weighted by Crippen LogP contribution is 2.33. The highest BCUT2D eigenvalue weighted by Gasteiger charge is 2.16. The smallest absolute Gasteiger partial charge is 0.231 e. The van der Waals surface area contributed by atoms with Gasteiger partial charge >= 0.3 is 0 Å². The lowest BCUT2D eigenvalue weighted by molar-refractivity contribution is 0.174. The number of aromatic nitrogens is 4. The van der Waals surface area contributed by atoms with E-state index in [4.69, 9.17) is 14.5 Å². The highest BCUT2D eigenvalue weighted by atomic mass is 127. The molecule has 2 aromatic heterocycles. The SMILES string of the molecule is Ic1ccc2nc(-n3ccnc3)n(Cc3ccc4c(c3)OCO4)c2c1. The van der Waals surface area contributed by atoms with Gasteiger partial charge in [-0.05, 0) is 58.5 Å². The Morgan fingerprint density at radius 2 is 2.00 bits per heavy atom. The molecular weight excluding hydrogens is 431 g/mol. The van der Waals surface area contributed by atoms with Crippen molar-refractivity contribution < 1.29 is 9.47 Å². The second kappa shape index (κ2) is 5.76. The first-order valence-electron chi connectivity index (χ1n) is 7.80. The summed E-state index contributed by atoms with van der Waals surface area (Å²) in [6.07, 6.45) is 5.43. The van der Waals surface area contributed by atoms with Crippen molar-refractivity contribution in [3.05, 3.63) is 64.3 Å². The summed E-state index contributed by atoms with van der Waals surface area (Å²) >= 11 is 2.33. The normalized spacial score (nSPS) is 12.8. The molecule has 25 heavy (non-hydrogen) atoms. The van der Waals surface area contributed by atoms with Crippen LogP contribution in [0.3, 0.4) is 0 Å². The maximum absolute atomic E-state index is 5.50. The number of imidazole rings is 2. The Morgan fingerprint density at radius 3 is 2.88 bits per heavy atom. The standard InChI is InChI=1S/C18H13IN4O2/c19-13-2-3-14-15(8-13)23(18(21-14)22-6-5-20-10-22)9-12-1-4-16-17(7-12)25-11-24-16/h1-8,10H,9,11H2. The minimum atomic E-state index is 0.283. The zero-order chi connectivity index (χ0) is 16.8. The second-order valence-corrected chi connectivity index (χ2v) is 7.03. The van der Waals surface area contributed by atoms with E-state index in [1.54, 1.807) is 12.5 Å². The van der Waals surface area contributed by atoms with Gasteiger partial charge in [0.1, 0.15) is 6.33 Å². The first kappa shape index (κ1) is 14.8. The van der Waals surface area contributed by atoms with Gasteiger partial charge in [-0.2, -0.15) is 0 Å². The molecular formula is C18H13IN4O2. The maximum Gasteiger partial charge on any atom is 0.231 e. The van der Waals surface area contributed by atoms with Crippen molar-refractivity contribution in [2.75, 3.05) is 6.79 Å². The summed E-state index contributed by atoms with van der Waals surface area (Å²) in [6, 6.07) is 12.3. The predicted molar refractivity (Wildman–Crippen MR) is 101 cm³/mol. The summed E-state index contributed by atoms with van der Waals surface area (Å²) in [7, 11) is 0. The van der Waals surface area contributed by atoms with Gasteiger partial charge in [0.2, 0.25) is 12.7 Å². The van der Waals surface area contributed by atoms with E-state index in [0.717, 1.165) is 34.0 Å². The maximum atomic E-state index is 5.50. The summed E-state index contributed by atoms with van der Waals surface area (Å²) in [6.45, 7) is 0.964. The van der Waals surface area contributed by atoms with Crippen molar-refractivity contribution in [3.8, 4) is 17.4 Å². The van der Waals surface area contributed by atoms with E-state index < -0.39 is 0 Å². The van der Waals surface area contributed by atoms with Crippen LogP contribution in [0, 0.1) is 3.57 Å². The van der Waals surface area contributed by atoms with Gasteiger partial charge in [0, 0.05) is 16.0 Å². The average molecular weight is 444 g/mol. The van der Waals surface area contributed by atoms with Crippen LogP contribution in [0.2, 0.25) is 0 Å². The molecule has 1 aliphatic rings. The Hall–Kier alpha value is -2.55. The molecule has 0 unspecified atom stereocenters. The largest absolute Gasteiger partial charge is 0.454 e. The van der Waals surface area contributed by atoms with Crippen molar-refractivity contribution in [3.63, 3.8) is 0 Å². The van der Waals surface area contributed by atoms with Crippen LogP contribution in [0.25, 0.3) is 17.0 Å². The van der Waals surface area contributed by atoms with Crippen molar-refractivity contribution in [2.24, 2.45) is 0 Å². The molecule has 7 heteroatoms. The van der Waals surface area contributed by atoms with E-state index in [1.165, 1.54) is 3.57 Å². The molecule has 6 nitrogen and oxygen atoms in total. The first-order chi connectivity index (χ1) is 12.3. The Kier molecular flexibility index (Phi) is 3.40. The van der Waals surface area contributed by atoms with Gasteiger partial charge in [-0.1, -0.05) is 6.07 Å². The van der Waals surface area contributed by atoms with Crippen LogP contribution in [0.1, 0.15) is 5.56 Å². The van der Waals surface area contributed by atoms with E-state index in [2.05, 4.69) is 50.3 Å². The van der Waals surface area contributed by atoms with E-state index in [0.29, 0.717) is 6.54 Å². The molecule has 3 heterocycles. The number of benzene rings is 2. The monoisotopic (exact) mass is 444 g/mol. The Bertz CT molecular complexity index is 1070. The summed E-state index contributed by atoms with van der Waals surface area (Å²) in [5.74, 6) is 2.43. The number of fused-ring (bicyclic) bond motifs is 2. The number of hydrogen-bond acceptors (Lipinski definition) is 4. The molecule has 4 aromatic rings. The van der Waals surface area contributed by atoms with E-state index in [9.17, 15) is 0 Å². The molecule has 0 fully saturated rings. The number of halogens is 1. The molecule has 124 valence electrons. The zero-order valence-electron chi connectivity index (χ0n) is 13.1. The summed E-state index contributed by atoms with van der Waals surface area (Å²) < 4.78 is 16.2. The predicted octanol–water partition coefficient (Wildman–Crippen LogP) is 3.60. The van der Waals surface area contributed by atoms with Crippen molar-refractivity contribution in [1.82, 2.24) is 19.1 Å². The van der Waals surface area contributed by atoms with E-state index in [-0.39, 0.29) is 6.79 Å². The second-order valence-electron chi connectivity index (χ2n) is 5.79. The van der Waals surface area contributed by atoms with Gasteiger partial charge in [0.15, 0.2) is 11.5 Å². The lowest BCUT2D eigenvalue weighted by Crippen LogP contribution is -2.07. The van der Waals surface area contributed by atoms with Crippen LogP contribution >= 0.6 is 22.6 Å².